The van der Waals surface area contributed by atoms with Gasteiger partial charge in [0.25, 0.3) is 0 Å². The third-order valence-electron chi connectivity index (χ3n) is 2.49. The highest BCUT2D eigenvalue weighted by Crippen LogP contribution is 2.22. The van der Waals surface area contributed by atoms with Gasteiger partial charge in [-0.05, 0) is 19.1 Å². The van der Waals surface area contributed by atoms with Crippen molar-refractivity contribution in [2.75, 3.05) is 5.32 Å². The molecule has 0 bridgehead atoms. The molecule has 1 heterocycles. The molecular formula is C13H18N2O4S. The molecule has 1 atom stereocenters. The third kappa shape index (κ3) is 4.34. The Labute approximate surface area is 121 Å². The van der Waals surface area contributed by atoms with Gasteiger partial charge in [-0.25, -0.2) is 4.79 Å². The lowest BCUT2D eigenvalue weighted by molar-refractivity contribution is -0.131. The number of thiophene rings is 1. The molecule has 6 nitrogen and oxygen atoms in total. The maximum Gasteiger partial charge on any atom is 0.345 e. The lowest BCUT2D eigenvalue weighted by Crippen LogP contribution is -2.46. The van der Waals surface area contributed by atoms with Crippen molar-refractivity contribution < 1.29 is 19.5 Å². The zero-order chi connectivity index (χ0) is 15.5. The first kappa shape index (κ1) is 16.2. The monoisotopic (exact) mass is 298 g/mol. The van der Waals surface area contributed by atoms with E-state index >= 15 is 0 Å². The van der Waals surface area contributed by atoms with E-state index in [4.69, 9.17) is 5.11 Å². The minimum absolute atomic E-state index is 0.145. The second-order valence-corrected chi connectivity index (χ2v) is 6.49. The molecule has 0 saturated heterocycles. The lowest BCUT2D eigenvalue weighted by Gasteiger charge is -2.21. The molecule has 7 heteroatoms. The minimum atomic E-state index is -1.04. The molecule has 0 fully saturated rings. The van der Waals surface area contributed by atoms with Crippen LogP contribution < -0.4 is 10.6 Å². The topological polar surface area (TPSA) is 95.5 Å². The SMILES string of the molecule is CC(NC(=O)C(C)(C)C)C(=O)Nc1ccc(C(=O)O)s1. The quantitative estimate of drug-likeness (QED) is 0.791. The summed E-state index contributed by atoms with van der Waals surface area (Å²) >= 11 is 0.967. The maximum atomic E-state index is 11.9. The van der Waals surface area contributed by atoms with Gasteiger partial charge in [0, 0.05) is 5.41 Å². The molecule has 0 radical (unpaired) electrons. The fourth-order valence-electron chi connectivity index (χ4n) is 1.23. The average Bonchev–Trinajstić information content (AvgIpc) is 2.76. The zero-order valence-electron chi connectivity index (χ0n) is 11.8. The van der Waals surface area contributed by atoms with E-state index in [-0.39, 0.29) is 16.7 Å². The van der Waals surface area contributed by atoms with Crippen LogP contribution in [-0.2, 0) is 9.59 Å². The van der Waals surface area contributed by atoms with Crippen LogP contribution in [0, 0.1) is 5.41 Å². The number of hydrogen-bond donors (Lipinski definition) is 3. The molecular weight excluding hydrogens is 280 g/mol. The van der Waals surface area contributed by atoms with E-state index in [9.17, 15) is 14.4 Å². The summed E-state index contributed by atoms with van der Waals surface area (Å²) in [5.74, 6) is -1.65. The Morgan fingerprint density at radius 2 is 1.85 bits per heavy atom. The molecule has 1 rings (SSSR count). The summed E-state index contributed by atoms with van der Waals surface area (Å²) in [4.78, 5) is 34.5. The summed E-state index contributed by atoms with van der Waals surface area (Å²) in [7, 11) is 0. The molecule has 1 aromatic rings. The van der Waals surface area contributed by atoms with Crippen LogP contribution >= 0.6 is 11.3 Å². The van der Waals surface area contributed by atoms with Crippen molar-refractivity contribution >= 4 is 34.1 Å². The van der Waals surface area contributed by atoms with Crippen molar-refractivity contribution in [2.45, 2.75) is 33.7 Å². The summed E-state index contributed by atoms with van der Waals surface area (Å²) in [6.45, 7) is 6.84. The third-order valence-corrected chi connectivity index (χ3v) is 3.47. The van der Waals surface area contributed by atoms with Crippen LogP contribution in [0.25, 0.3) is 0 Å². The predicted octanol–water partition coefficient (Wildman–Crippen LogP) is 1.94. The van der Waals surface area contributed by atoms with Gasteiger partial charge in [0.15, 0.2) is 0 Å². The number of nitrogens with one attached hydrogen (secondary N) is 2. The van der Waals surface area contributed by atoms with E-state index < -0.39 is 17.4 Å². The molecule has 3 N–H and O–H groups in total. The first-order valence-electron chi connectivity index (χ1n) is 6.06. The van der Waals surface area contributed by atoms with Gasteiger partial charge in [0.2, 0.25) is 11.8 Å². The number of aromatic carboxylic acids is 1. The van der Waals surface area contributed by atoms with Crippen LogP contribution in [0.5, 0.6) is 0 Å². The molecule has 0 spiro atoms. The fourth-order valence-corrected chi connectivity index (χ4v) is 1.98. The van der Waals surface area contributed by atoms with E-state index in [1.807, 2.05) is 0 Å². The van der Waals surface area contributed by atoms with Crippen LogP contribution in [0.3, 0.4) is 0 Å². The Balaban J connectivity index is 2.61. The molecule has 1 aromatic heterocycles. The number of rotatable bonds is 4. The van der Waals surface area contributed by atoms with Crippen molar-refractivity contribution in [1.29, 1.82) is 0 Å². The van der Waals surface area contributed by atoms with E-state index in [2.05, 4.69) is 10.6 Å². The highest BCUT2D eigenvalue weighted by atomic mass is 32.1. The highest BCUT2D eigenvalue weighted by Gasteiger charge is 2.25. The summed E-state index contributed by atoms with van der Waals surface area (Å²) in [6.07, 6.45) is 0. The standard InChI is InChI=1S/C13H18N2O4S/c1-7(14-12(19)13(2,3)4)10(16)15-9-6-5-8(20-9)11(17)18/h5-7H,1-4H3,(H,14,19)(H,15,16)(H,17,18). The summed E-state index contributed by atoms with van der Waals surface area (Å²) in [6, 6.07) is 2.24. The molecule has 1 unspecified atom stereocenters. The van der Waals surface area contributed by atoms with Gasteiger partial charge in [0.1, 0.15) is 10.9 Å². The van der Waals surface area contributed by atoms with Crippen molar-refractivity contribution in [2.24, 2.45) is 5.41 Å². The van der Waals surface area contributed by atoms with Gasteiger partial charge >= 0.3 is 5.97 Å². The Morgan fingerprint density at radius 3 is 2.30 bits per heavy atom. The van der Waals surface area contributed by atoms with Crippen LogP contribution in [-0.4, -0.2) is 28.9 Å². The minimum Gasteiger partial charge on any atom is -0.477 e. The summed E-state index contributed by atoms with van der Waals surface area (Å²) < 4.78 is 0. The van der Waals surface area contributed by atoms with E-state index in [0.717, 1.165) is 11.3 Å². The lowest BCUT2D eigenvalue weighted by atomic mass is 9.95. The molecule has 0 aliphatic carbocycles. The van der Waals surface area contributed by atoms with E-state index in [1.165, 1.54) is 12.1 Å². The van der Waals surface area contributed by atoms with Gasteiger partial charge in [0.05, 0.1) is 5.00 Å². The number of carboxylic acids is 1. The van der Waals surface area contributed by atoms with Crippen LogP contribution in [0.2, 0.25) is 0 Å². The number of amides is 2. The summed E-state index contributed by atoms with van der Waals surface area (Å²) in [5, 5.41) is 14.4. The Morgan fingerprint density at radius 1 is 1.25 bits per heavy atom. The van der Waals surface area contributed by atoms with E-state index in [0.29, 0.717) is 5.00 Å². The largest absolute Gasteiger partial charge is 0.477 e. The number of carbonyl (C=O) groups excluding carboxylic acids is 2. The number of hydrogen-bond acceptors (Lipinski definition) is 4. The van der Waals surface area contributed by atoms with Crippen molar-refractivity contribution in [3.8, 4) is 0 Å². The zero-order valence-corrected chi connectivity index (χ0v) is 12.6. The predicted molar refractivity (Wildman–Crippen MR) is 77.0 cm³/mol. The van der Waals surface area contributed by atoms with E-state index in [1.54, 1.807) is 27.7 Å². The maximum absolute atomic E-state index is 11.9. The second kappa shape index (κ2) is 6.04. The van der Waals surface area contributed by atoms with Crippen LogP contribution in [0.1, 0.15) is 37.4 Å². The van der Waals surface area contributed by atoms with Crippen LogP contribution in [0.15, 0.2) is 12.1 Å². The molecule has 0 aliphatic rings. The van der Waals surface area contributed by atoms with Crippen molar-refractivity contribution in [3.05, 3.63) is 17.0 Å². The van der Waals surface area contributed by atoms with Crippen molar-refractivity contribution in [3.63, 3.8) is 0 Å². The molecule has 20 heavy (non-hydrogen) atoms. The Bertz CT molecular complexity index is 531. The first-order chi connectivity index (χ1) is 9.11. The smallest absolute Gasteiger partial charge is 0.345 e. The van der Waals surface area contributed by atoms with Gasteiger partial charge in [-0.1, -0.05) is 20.8 Å². The molecule has 0 aliphatic heterocycles. The second-order valence-electron chi connectivity index (χ2n) is 5.40. The van der Waals surface area contributed by atoms with Gasteiger partial charge < -0.3 is 15.7 Å². The number of anilines is 1. The first-order valence-corrected chi connectivity index (χ1v) is 6.88. The number of carbonyl (C=O) groups is 3. The van der Waals surface area contributed by atoms with Crippen molar-refractivity contribution in [1.82, 2.24) is 5.32 Å². The normalized spacial score (nSPS) is 12.6. The van der Waals surface area contributed by atoms with Gasteiger partial charge in [-0.2, -0.15) is 0 Å². The molecule has 0 aromatic carbocycles. The Hall–Kier alpha value is -1.89. The molecule has 0 saturated carbocycles. The summed E-state index contributed by atoms with van der Waals surface area (Å²) in [5.41, 5.74) is -0.575. The van der Waals surface area contributed by atoms with Gasteiger partial charge in [-0.15, -0.1) is 11.3 Å². The fraction of sp³-hybridized carbons (Fsp3) is 0.462. The highest BCUT2D eigenvalue weighted by molar-refractivity contribution is 7.18. The van der Waals surface area contributed by atoms with Gasteiger partial charge in [-0.3, -0.25) is 9.59 Å². The molecule has 110 valence electrons. The number of carboxylic acid groups (broad SMARTS) is 1. The molecule has 2 amide bonds. The van der Waals surface area contributed by atoms with Crippen LogP contribution in [0.4, 0.5) is 5.00 Å². The average molecular weight is 298 g/mol. The Kier molecular flexibility index (Phi) is 4.88.